The number of alkyl halides is 6. The third kappa shape index (κ3) is 3.45. The van der Waals surface area contributed by atoms with Crippen LogP contribution in [0.4, 0.5) is 26.3 Å². The molecule has 0 aliphatic heterocycles. The predicted octanol–water partition coefficient (Wildman–Crippen LogP) is 3.29. The highest BCUT2D eigenvalue weighted by molar-refractivity contribution is 7.87. The van der Waals surface area contributed by atoms with Gasteiger partial charge in [0, 0.05) is 5.56 Å². The molecule has 1 heterocycles. The molecule has 0 radical (unpaired) electrons. The van der Waals surface area contributed by atoms with E-state index in [2.05, 4.69) is 9.17 Å². The number of aromatic nitrogens is 1. The van der Waals surface area contributed by atoms with Gasteiger partial charge < -0.3 is 4.18 Å². The number of nitrogens with zero attached hydrogens (tertiary/aromatic N) is 1. The fraction of sp³-hybridized carbons (Fsp3) is 0.375. The normalized spacial score (nSPS) is 13.4. The van der Waals surface area contributed by atoms with Gasteiger partial charge in [-0.15, -0.1) is 0 Å². The number of halogens is 7. The minimum absolute atomic E-state index is 0.407. The number of hydrogen-bond donors (Lipinski definition) is 0. The molecule has 0 saturated heterocycles. The van der Waals surface area contributed by atoms with Gasteiger partial charge >= 0.3 is 21.8 Å². The van der Waals surface area contributed by atoms with E-state index in [1.165, 1.54) is 0 Å². The summed E-state index contributed by atoms with van der Waals surface area (Å²) in [5.41, 5.74) is -7.95. The first-order valence-corrected chi connectivity index (χ1v) is 6.29. The summed E-state index contributed by atoms with van der Waals surface area (Å²) >= 11 is 5.24. The molecular formula is C8H4ClF6NO3S. The second-order valence-corrected chi connectivity index (χ2v) is 5.37. The summed E-state index contributed by atoms with van der Waals surface area (Å²) in [7, 11) is -6.12. The van der Waals surface area contributed by atoms with Crippen LogP contribution in [0.5, 0.6) is 5.88 Å². The summed E-state index contributed by atoms with van der Waals surface area (Å²) in [4.78, 5) is 2.68. The van der Waals surface area contributed by atoms with Crippen LogP contribution in [0, 0.1) is 6.92 Å². The highest BCUT2D eigenvalue weighted by Crippen LogP contribution is 2.36. The van der Waals surface area contributed by atoms with Crippen molar-refractivity contribution in [1.29, 1.82) is 0 Å². The predicted molar refractivity (Wildman–Crippen MR) is 54.6 cm³/mol. The Bertz CT molecular complexity index is 624. The van der Waals surface area contributed by atoms with Crippen molar-refractivity contribution >= 4 is 21.7 Å². The van der Waals surface area contributed by atoms with Crippen molar-refractivity contribution in [3.05, 3.63) is 22.3 Å². The van der Waals surface area contributed by atoms with E-state index in [1.807, 2.05) is 0 Å². The molecule has 12 heteroatoms. The average molecular weight is 344 g/mol. The van der Waals surface area contributed by atoms with E-state index in [1.54, 1.807) is 0 Å². The molecule has 0 atom stereocenters. The topological polar surface area (TPSA) is 56.3 Å². The zero-order chi connectivity index (χ0) is 15.9. The fourth-order valence-corrected chi connectivity index (χ4v) is 1.78. The molecule has 0 saturated carbocycles. The van der Waals surface area contributed by atoms with Gasteiger partial charge in [0.05, 0.1) is 5.02 Å². The first kappa shape index (κ1) is 16.8. The molecule has 1 aromatic rings. The zero-order valence-electron chi connectivity index (χ0n) is 9.30. The Morgan fingerprint density at radius 2 is 1.70 bits per heavy atom. The summed E-state index contributed by atoms with van der Waals surface area (Å²) in [5.74, 6) is -1.35. The highest BCUT2D eigenvalue weighted by atomic mass is 35.5. The van der Waals surface area contributed by atoms with E-state index in [0.29, 0.717) is 6.07 Å². The zero-order valence-corrected chi connectivity index (χ0v) is 10.9. The standard InChI is InChI=1S/C8H4ClF6NO3S/c1-3-2-4(9)5(7(10,11)12)16-6(3)19-20(17,18)8(13,14)15/h2H,1H3. The molecule has 0 aliphatic rings. The highest BCUT2D eigenvalue weighted by Gasteiger charge is 2.49. The molecular weight excluding hydrogens is 340 g/mol. The monoisotopic (exact) mass is 343 g/mol. The van der Waals surface area contributed by atoms with Crippen molar-refractivity contribution in [3.63, 3.8) is 0 Å². The average Bonchev–Trinajstić information content (AvgIpc) is 2.18. The molecule has 1 aromatic heterocycles. The Morgan fingerprint density at radius 1 is 1.20 bits per heavy atom. The van der Waals surface area contributed by atoms with Crippen LogP contribution in [-0.4, -0.2) is 18.9 Å². The molecule has 0 fully saturated rings. The van der Waals surface area contributed by atoms with Gasteiger partial charge in [-0.1, -0.05) is 11.6 Å². The quantitative estimate of drug-likeness (QED) is 0.470. The van der Waals surface area contributed by atoms with Crippen LogP contribution in [0.3, 0.4) is 0 Å². The molecule has 20 heavy (non-hydrogen) atoms. The third-order valence-corrected chi connectivity index (χ3v) is 3.09. The van der Waals surface area contributed by atoms with E-state index in [9.17, 15) is 34.8 Å². The van der Waals surface area contributed by atoms with Gasteiger partial charge in [0.25, 0.3) is 0 Å². The van der Waals surface area contributed by atoms with Gasteiger partial charge in [0.1, 0.15) is 0 Å². The maximum atomic E-state index is 12.5. The lowest BCUT2D eigenvalue weighted by Gasteiger charge is -2.13. The lowest BCUT2D eigenvalue weighted by Crippen LogP contribution is -2.29. The summed E-state index contributed by atoms with van der Waals surface area (Å²) in [5, 5.41) is -0.897. The van der Waals surface area contributed by atoms with Gasteiger partial charge in [0.2, 0.25) is 5.88 Å². The summed E-state index contributed by atoms with van der Waals surface area (Å²) in [6.07, 6.45) is -5.08. The van der Waals surface area contributed by atoms with Crippen LogP contribution in [-0.2, 0) is 16.3 Å². The lowest BCUT2D eigenvalue weighted by atomic mass is 10.2. The number of pyridine rings is 1. The first-order chi connectivity index (χ1) is 8.75. The van der Waals surface area contributed by atoms with Gasteiger partial charge in [-0.3, -0.25) is 0 Å². The van der Waals surface area contributed by atoms with E-state index in [0.717, 1.165) is 6.92 Å². The molecule has 0 spiro atoms. The molecule has 0 aliphatic carbocycles. The number of hydrogen-bond acceptors (Lipinski definition) is 4. The van der Waals surface area contributed by atoms with E-state index in [4.69, 9.17) is 11.6 Å². The minimum Gasteiger partial charge on any atom is -0.355 e. The molecule has 0 aromatic carbocycles. The van der Waals surface area contributed by atoms with E-state index >= 15 is 0 Å². The molecule has 0 bridgehead atoms. The number of aryl methyl sites for hydroxylation is 1. The SMILES string of the molecule is Cc1cc(Cl)c(C(F)(F)F)nc1OS(=O)(=O)C(F)(F)F. The van der Waals surface area contributed by atoms with Crippen molar-refractivity contribution < 1.29 is 38.9 Å². The van der Waals surface area contributed by atoms with Gasteiger partial charge in [-0.05, 0) is 13.0 Å². The maximum Gasteiger partial charge on any atom is 0.534 e. The maximum absolute atomic E-state index is 12.5. The second-order valence-electron chi connectivity index (χ2n) is 3.42. The minimum atomic E-state index is -6.12. The van der Waals surface area contributed by atoms with Gasteiger partial charge in [-0.25, -0.2) is 4.98 Å². The molecule has 4 nitrogen and oxygen atoms in total. The van der Waals surface area contributed by atoms with Crippen molar-refractivity contribution in [2.24, 2.45) is 0 Å². The third-order valence-electron chi connectivity index (χ3n) is 1.86. The largest absolute Gasteiger partial charge is 0.534 e. The Morgan fingerprint density at radius 3 is 2.10 bits per heavy atom. The number of rotatable bonds is 2. The Hall–Kier alpha value is -1.23. The van der Waals surface area contributed by atoms with E-state index < -0.39 is 44.0 Å². The van der Waals surface area contributed by atoms with Crippen molar-refractivity contribution in [1.82, 2.24) is 4.98 Å². The molecule has 0 N–H and O–H groups in total. The van der Waals surface area contributed by atoms with Crippen molar-refractivity contribution in [2.75, 3.05) is 0 Å². The molecule has 114 valence electrons. The van der Waals surface area contributed by atoms with Gasteiger partial charge in [0.15, 0.2) is 5.69 Å². The van der Waals surface area contributed by atoms with Crippen LogP contribution < -0.4 is 4.18 Å². The van der Waals surface area contributed by atoms with E-state index in [-0.39, 0.29) is 0 Å². The summed E-state index contributed by atoms with van der Waals surface area (Å²) in [6.45, 7) is 0.986. The Labute approximate surface area is 113 Å². The van der Waals surface area contributed by atoms with Crippen LogP contribution in [0.25, 0.3) is 0 Å². The Kier molecular flexibility index (Phi) is 4.16. The van der Waals surface area contributed by atoms with Crippen molar-refractivity contribution in [2.45, 2.75) is 18.6 Å². The lowest BCUT2D eigenvalue weighted by molar-refractivity contribution is -0.141. The molecule has 1 rings (SSSR count). The fourth-order valence-electron chi connectivity index (χ4n) is 0.998. The summed E-state index contributed by atoms with van der Waals surface area (Å²) < 4.78 is 98.6. The van der Waals surface area contributed by atoms with Crippen LogP contribution >= 0.6 is 11.6 Å². The molecule has 0 unspecified atom stereocenters. The Balaban J connectivity index is 3.35. The first-order valence-electron chi connectivity index (χ1n) is 4.51. The summed E-state index contributed by atoms with van der Waals surface area (Å²) in [6, 6.07) is 0.596. The van der Waals surface area contributed by atoms with Crippen LogP contribution in [0.1, 0.15) is 11.3 Å². The second kappa shape index (κ2) is 4.95. The molecule has 0 amide bonds. The van der Waals surface area contributed by atoms with Crippen LogP contribution in [0.2, 0.25) is 5.02 Å². The van der Waals surface area contributed by atoms with Gasteiger partial charge in [-0.2, -0.15) is 34.8 Å². The van der Waals surface area contributed by atoms with Crippen LogP contribution in [0.15, 0.2) is 6.07 Å². The smallest absolute Gasteiger partial charge is 0.355 e. The van der Waals surface area contributed by atoms with Crippen molar-refractivity contribution in [3.8, 4) is 5.88 Å².